The highest BCUT2D eigenvalue weighted by Gasteiger charge is 2.77. The lowest BCUT2D eigenvalue weighted by Crippen LogP contribution is -2.62. The predicted molar refractivity (Wildman–Crippen MR) is 150 cm³/mol. The Morgan fingerprint density at radius 1 is 1.15 bits per heavy atom. The first-order valence-electron chi connectivity index (χ1n) is 13.5. The molecule has 0 aromatic heterocycles. The van der Waals surface area contributed by atoms with Crippen LogP contribution in [0, 0.1) is 5.92 Å². The van der Waals surface area contributed by atoms with Crippen LogP contribution in [0.25, 0.3) is 0 Å². The van der Waals surface area contributed by atoms with Crippen LogP contribution >= 0.6 is 11.6 Å². The molecule has 0 saturated carbocycles. The minimum absolute atomic E-state index is 0.0778. The number of benzene rings is 2. The quantitative estimate of drug-likeness (QED) is 0.234. The van der Waals surface area contributed by atoms with Crippen LogP contribution in [0.4, 0.5) is 23.2 Å². The van der Waals surface area contributed by atoms with E-state index in [4.69, 9.17) is 16.3 Å². The van der Waals surface area contributed by atoms with E-state index in [-0.39, 0.29) is 18.0 Å². The van der Waals surface area contributed by atoms with E-state index in [0.29, 0.717) is 22.9 Å². The summed E-state index contributed by atoms with van der Waals surface area (Å²) in [5, 5.41) is 2.91. The van der Waals surface area contributed by atoms with Gasteiger partial charge in [0, 0.05) is 39.4 Å². The predicted octanol–water partition coefficient (Wildman–Crippen LogP) is 5.91. The van der Waals surface area contributed by atoms with Crippen molar-refractivity contribution >= 4 is 29.1 Å². The summed E-state index contributed by atoms with van der Waals surface area (Å²) in [7, 11) is 3.33. The SMILES string of the molecule is C=C1COC(C(=O)NCCCC2CCN(c3ccc(C(=O)N(C)C)c(Cl)c3)CC2)(c2ccccc2)C1(F)C(F)(F)F. The van der Waals surface area contributed by atoms with Crippen LogP contribution in [0.15, 0.2) is 60.7 Å². The van der Waals surface area contributed by atoms with Crippen LogP contribution in [0.5, 0.6) is 0 Å². The topological polar surface area (TPSA) is 61.9 Å². The summed E-state index contributed by atoms with van der Waals surface area (Å²) in [5.41, 5.74) is -6.67. The van der Waals surface area contributed by atoms with E-state index in [2.05, 4.69) is 16.8 Å². The van der Waals surface area contributed by atoms with Gasteiger partial charge in [0.1, 0.15) is 0 Å². The molecule has 2 fully saturated rings. The molecule has 41 heavy (non-hydrogen) atoms. The maximum atomic E-state index is 15.9. The molecule has 2 aromatic rings. The maximum Gasteiger partial charge on any atom is 0.430 e. The van der Waals surface area contributed by atoms with Gasteiger partial charge in [0.25, 0.3) is 17.5 Å². The summed E-state index contributed by atoms with van der Waals surface area (Å²) >= 11 is 6.36. The van der Waals surface area contributed by atoms with Crippen molar-refractivity contribution in [3.63, 3.8) is 0 Å². The Hall–Kier alpha value is -3.11. The van der Waals surface area contributed by atoms with E-state index < -0.39 is 35.5 Å². The zero-order valence-electron chi connectivity index (χ0n) is 23.1. The van der Waals surface area contributed by atoms with Crippen LogP contribution in [0.1, 0.15) is 41.6 Å². The van der Waals surface area contributed by atoms with Gasteiger partial charge in [-0.2, -0.15) is 13.2 Å². The molecule has 2 aromatic carbocycles. The third kappa shape index (κ3) is 5.68. The van der Waals surface area contributed by atoms with Gasteiger partial charge in [-0.25, -0.2) is 4.39 Å². The number of rotatable bonds is 8. The fourth-order valence-electron chi connectivity index (χ4n) is 5.66. The third-order valence-corrected chi connectivity index (χ3v) is 8.28. The van der Waals surface area contributed by atoms with E-state index in [1.165, 1.54) is 29.2 Å². The van der Waals surface area contributed by atoms with Gasteiger partial charge in [-0.1, -0.05) is 48.5 Å². The van der Waals surface area contributed by atoms with E-state index in [0.717, 1.165) is 38.0 Å². The molecule has 4 rings (SSSR count). The van der Waals surface area contributed by atoms with E-state index in [9.17, 15) is 22.8 Å². The molecule has 2 amide bonds. The first-order chi connectivity index (χ1) is 19.3. The molecule has 0 bridgehead atoms. The van der Waals surface area contributed by atoms with E-state index >= 15 is 4.39 Å². The number of piperidine rings is 1. The molecule has 2 aliphatic heterocycles. The molecule has 11 heteroatoms. The standard InChI is InChI=1S/C30H34ClF4N3O3/c1-20-19-41-28(22-9-5-4-6-10-22,29(20,32)30(33,34)35)27(40)36-15-7-8-21-13-16-38(17-14-21)23-11-12-24(25(31)18-23)26(39)37(2)3/h4-6,9-12,18,21H,1,7-8,13-17,19H2,2-3H3,(H,36,40). The molecule has 2 heterocycles. The Kier molecular flexibility index (Phi) is 9.04. The lowest BCUT2D eigenvalue weighted by molar-refractivity contribution is -0.258. The summed E-state index contributed by atoms with van der Waals surface area (Å²) < 4.78 is 63.6. The number of nitrogens with zero attached hydrogens (tertiary/aromatic N) is 2. The third-order valence-electron chi connectivity index (χ3n) is 7.97. The molecule has 6 nitrogen and oxygen atoms in total. The Bertz CT molecular complexity index is 1280. The summed E-state index contributed by atoms with van der Waals surface area (Å²) in [5.74, 6) is -0.985. The molecule has 222 valence electrons. The van der Waals surface area contributed by atoms with E-state index in [1.807, 2.05) is 6.07 Å². The van der Waals surface area contributed by atoms with Crippen molar-refractivity contribution in [1.29, 1.82) is 0 Å². The number of amides is 2. The van der Waals surface area contributed by atoms with Crippen LogP contribution in [0.3, 0.4) is 0 Å². The highest BCUT2D eigenvalue weighted by molar-refractivity contribution is 6.34. The molecule has 0 radical (unpaired) electrons. The second-order valence-corrected chi connectivity index (χ2v) is 11.2. The minimum atomic E-state index is -5.41. The first kappa shape index (κ1) is 30.8. The van der Waals surface area contributed by atoms with Gasteiger partial charge < -0.3 is 19.9 Å². The average molecular weight is 596 g/mol. The molecule has 2 atom stereocenters. The molecular formula is C30H34ClF4N3O3. The van der Waals surface area contributed by atoms with Crippen molar-refractivity contribution < 1.29 is 31.9 Å². The van der Waals surface area contributed by atoms with Gasteiger partial charge in [0.2, 0.25) is 5.60 Å². The zero-order valence-corrected chi connectivity index (χ0v) is 23.8. The summed E-state index contributed by atoms with van der Waals surface area (Å²) in [6.45, 7) is 4.16. The second kappa shape index (κ2) is 12.0. The summed E-state index contributed by atoms with van der Waals surface area (Å²) in [6.07, 6.45) is -2.39. The number of alkyl halides is 4. The summed E-state index contributed by atoms with van der Waals surface area (Å²) in [6, 6.07) is 12.3. The normalized spacial score (nSPS) is 23.5. The first-order valence-corrected chi connectivity index (χ1v) is 13.9. The average Bonchev–Trinajstić information content (AvgIpc) is 3.23. The molecule has 2 unspecified atom stereocenters. The maximum absolute atomic E-state index is 15.9. The van der Waals surface area contributed by atoms with E-state index in [1.54, 1.807) is 32.3 Å². The minimum Gasteiger partial charge on any atom is -0.371 e. The Balaban J connectivity index is 1.34. The number of anilines is 1. The van der Waals surface area contributed by atoms with Gasteiger partial charge in [0.05, 0.1) is 17.2 Å². The van der Waals surface area contributed by atoms with Gasteiger partial charge in [-0.3, -0.25) is 9.59 Å². The Labute approximate surface area is 242 Å². The number of nitrogens with one attached hydrogen (secondary N) is 1. The number of carbonyl (C=O) groups is 2. The monoisotopic (exact) mass is 595 g/mol. The number of hydrogen-bond donors (Lipinski definition) is 1. The summed E-state index contributed by atoms with van der Waals surface area (Å²) in [4.78, 5) is 29.2. The molecular weight excluding hydrogens is 562 g/mol. The van der Waals surface area contributed by atoms with Crippen molar-refractivity contribution in [3.8, 4) is 0 Å². The van der Waals surface area contributed by atoms with Gasteiger partial charge >= 0.3 is 6.18 Å². The van der Waals surface area contributed by atoms with Gasteiger partial charge in [0.15, 0.2) is 0 Å². The van der Waals surface area contributed by atoms with Crippen molar-refractivity contribution in [2.75, 3.05) is 45.2 Å². The number of halogens is 5. The van der Waals surface area contributed by atoms with Crippen molar-refractivity contribution in [2.45, 2.75) is 43.1 Å². The fraction of sp³-hybridized carbons (Fsp3) is 0.467. The molecule has 2 saturated heterocycles. The molecule has 0 aliphatic carbocycles. The zero-order chi connectivity index (χ0) is 30.0. The lowest BCUT2D eigenvalue weighted by Gasteiger charge is -2.39. The van der Waals surface area contributed by atoms with Crippen LogP contribution in [-0.4, -0.2) is 68.9 Å². The highest BCUT2D eigenvalue weighted by Crippen LogP contribution is 2.57. The van der Waals surface area contributed by atoms with Crippen molar-refractivity contribution in [3.05, 3.63) is 76.8 Å². The van der Waals surface area contributed by atoms with Crippen molar-refractivity contribution in [2.24, 2.45) is 5.92 Å². The fourth-order valence-corrected chi connectivity index (χ4v) is 5.92. The highest BCUT2D eigenvalue weighted by atomic mass is 35.5. The molecule has 0 spiro atoms. The van der Waals surface area contributed by atoms with Crippen molar-refractivity contribution in [1.82, 2.24) is 10.2 Å². The van der Waals surface area contributed by atoms with Crippen LogP contribution in [-0.2, 0) is 15.1 Å². The number of carbonyl (C=O) groups excluding carboxylic acids is 2. The lowest BCUT2D eigenvalue weighted by atomic mass is 9.75. The number of hydrogen-bond acceptors (Lipinski definition) is 4. The Morgan fingerprint density at radius 3 is 2.39 bits per heavy atom. The molecule has 1 N–H and O–H groups in total. The van der Waals surface area contributed by atoms with Gasteiger partial charge in [-0.05, 0) is 60.9 Å². The van der Waals surface area contributed by atoms with Crippen LogP contribution < -0.4 is 10.2 Å². The smallest absolute Gasteiger partial charge is 0.371 e. The largest absolute Gasteiger partial charge is 0.430 e. The molecule has 2 aliphatic rings. The number of ether oxygens (including phenoxy) is 1. The Morgan fingerprint density at radius 2 is 1.80 bits per heavy atom. The van der Waals surface area contributed by atoms with Crippen LogP contribution in [0.2, 0.25) is 5.02 Å². The van der Waals surface area contributed by atoms with Gasteiger partial charge in [-0.15, -0.1) is 0 Å². The second-order valence-electron chi connectivity index (χ2n) is 10.8.